The van der Waals surface area contributed by atoms with Gasteiger partial charge in [0.2, 0.25) is 0 Å². The predicted octanol–water partition coefficient (Wildman–Crippen LogP) is 2.87. The molecule has 0 aliphatic carbocycles. The Morgan fingerprint density at radius 2 is 2.12 bits per heavy atom. The van der Waals surface area contributed by atoms with Crippen LogP contribution in [0.25, 0.3) is 0 Å². The highest BCUT2D eigenvalue weighted by Crippen LogP contribution is 2.23. The number of rotatable bonds is 3. The molecule has 1 amide bonds. The van der Waals surface area contributed by atoms with E-state index in [9.17, 15) is 4.79 Å². The van der Waals surface area contributed by atoms with Crippen LogP contribution in [0, 0.1) is 3.57 Å². The van der Waals surface area contributed by atoms with Gasteiger partial charge in [0.15, 0.2) is 0 Å². The van der Waals surface area contributed by atoms with Crippen molar-refractivity contribution in [2.75, 3.05) is 23.8 Å². The summed E-state index contributed by atoms with van der Waals surface area (Å²) >= 11 is 6.18. The minimum atomic E-state index is 0.0394. The van der Waals surface area contributed by atoms with Crippen molar-refractivity contribution in [1.82, 2.24) is 5.32 Å². The number of hydrogen-bond acceptors (Lipinski definition) is 3. The number of amides is 1. The Kier molecular flexibility index (Phi) is 5.49. The standard InChI is InChI=1S/C12H14INOS2/c13-10-3-1-9(2-4-10)12(15)14-7-11-8-16-5-6-17-11/h1-4,11H,5-8H2,(H,14,15). The first-order valence-corrected chi connectivity index (χ1v) is 8.77. The second-order valence-electron chi connectivity index (χ2n) is 3.78. The van der Waals surface area contributed by atoms with E-state index in [1.807, 2.05) is 47.8 Å². The lowest BCUT2D eigenvalue weighted by Gasteiger charge is -2.21. The zero-order valence-corrected chi connectivity index (χ0v) is 13.1. The molecular formula is C12H14INOS2. The van der Waals surface area contributed by atoms with Crippen molar-refractivity contribution < 1.29 is 4.79 Å². The van der Waals surface area contributed by atoms with Crippen molar-refractivity contribution in [1.29, 1.82) is 0 Å². The highest BCUT2D eigenvalue weighted by molar-refractivity contribution is 14.1. The quantitative estimate of drug-likeness (QED) is 0.819. The molecule has 0 bridgehead atoms. The van der Waals surface area contributed by atoms with Gasteiger partial charge in [-0.1, -0.05) is 0 Å². The van der Waals surface area contributed by atoms with E-state index in [-0.39, 0.29) is 5.91 Å². The van der Waals surface area contributed by atoms with Gasteiger partial charge in [-0.05, 0) is 46.9 Å². The van der Waals surface area contributed by atoms with Crippen LogP contribution in [0.15, 0.2) is 24.3 Å². The number of thioether (sulfide) groups is 2. The number of nitrogens with one attached hydrogen (secondary N) is 1. The fourth-order valence-electron chi connectivity index (χ4n) is 1.56. The Hall–Kier alpha value is 0.120. The lowest BCUT2D eigenvalue weighted by atomic mass is 10.2. The Balaban J connectivity index is 1.82. The molecule has 1 atom stereocenters. The van der Waals surface area contributed by atoms with Crippen LogP contribution < -0.4 is 5.32 Å². The summed E-state index contributed by atoms with van der Waals surface area (Å²) in [4.78, 5) is 11.9. The van der Waals surface area contributed by atoms with E-state index in [1.54, 1.807) is 0 Å². The van der Waals surface area contributed by atoms with Gasteiger partial charge in [0.05, 0.1) is 0 Å². The maximum absolute atomic E-state index is 11.9. The Morgan fingerprint density at radius 1 is 1.35 bits per heavy atom. The molecule has 1 fully saturated rings. The first-order valence-electron chi connectivity index (χ1n) is 5.49. The predicted molar refractivity (Wildman–Crippen MR) is 85.1 cm³/mol. The van der Waals surface area contributed by atoms with Crippen LogP contribution in [-0.2, 0) is 0 Å². The number of carbonyl (C=O) groups is 1. The molecule has 1 aliphatic heterocycles. The van der Waals surface area contributed by atoms with Crippen LogP contribution in [0.2, 0.25) is 0 Å². The van der Waals surface area contributed by atoms with Crippen LogP contribution in [0.5, 0.6) is 0 Å². The van der Waals surface area contributed by atoms with E-state index in [2.05, 4.69) is 27.9 Å². The van der Waals surface area contributed by atoms with E-state index in [1.165, 1.54) is 11.5 Å². The van der Waals surface area contributed by atoms with Gasteiger partial charge in [0.1, 0.15) is 0 Å². The van der Waals surface area contributed by atoms with Gasteiger partial charge in [0.25, 0.3) is 5.91 Å². The highest BCUT2D eigenvalue weighted by Gasteiger charge is 2.15. The minimum Gasteiger partial charge on any atom is -0.351 e. The van der Waals surface area contributed by atoms with Crippen molar-refractivity contribution in [3.63, 3.8) is 0 Å². The van der Waals surface area contributed by atoms with E-state index < -0.39 is 0 Å². The second kappa shape index (κ2) is 6.89. The summed E-state index contributed by atoms with van der Waals surface area (Å²) in [6.07, 6.45) is 0. The van der Waals surface area contributed by atoms with Crippen molar-refractivity contribution in [2.45, 2.75) is 5.25 Å². The molecular weight excluding hydrogens is 365 g/mol. The van der Waals surface area contributed by atoms with Crippen molar-refractivity contribution in [3.05, 3.63) is 33.4 Å². The third-order valence-electron chi connectivity index (χ3n) is 2.48. The first-order chi connectivity index (χ1) is 8.25. The molecule has 92 valence electrons. The van der Waals surface area contributed by atoms with Crippen LogP contribution in [0.4, 0.5) is 0 Å². The first kappa shape index (κ1) is 13.5. The van der Waals surface area contributed by atoms with E-state index in [4.69, 9.17) is 0 Å². The molecule has 1 aromatic carbocycles. The van der Waals surface area contributed by atoms with Gasteiger partial charge in [-0.3, -0.25) is 4.79 Å². The number of hydrogen-bond donors (Lipinski definition) is 1. The smallest absolute Gasteiger partial charge is 0.251 e. The molecule has 0 aromatic heterocycles. The van der Waals surface area contributed by atoms with Gasteiger partial charge in [-0.25, -0.2) is 0 Å². The fraction of sp³-hybridized carbons (Fsp3) is 0.417. The summed E-state index contributed by atoms with van der Waals surface area (Å²) in [5.41, 5.74) is 0.749. The van der Waals surface area contributed by atoms with E-state index in [0.717, 1.165) is 21.4 Å². The zero-order valence-electron chi connectivity index (χ0n) is 9.32. The number of halogens is 1. The Morgan fingerprint density at radius 3 is 2.76 bits per heavy atom. The third kappa shape index (κ3) is 4.37. The Labute approximate surface area is 124 Å². The molecule has 2 rings (SSSR count). The molecule has 1 aliphatic rings. The molecule has 0 spiro atoms. The largest absolute Gasteiger partial charge is 0.351 e. The zero-order chi connectivity index (χ0) is 12.1. The van der Waals surface area contributed by atoms with Gasteiger partial charge in [-0.2, -0.15) is 23.5 Å². The van der Waals surface area contributed by atoms with Gasteiger partial charge < -0.3 is 5.32 Å². The third-order valence-corrected chi connectivity index (χ3v) is 6.05. The fourth-order valence-corrected chi connectivity index (χ4v) is 4.54. The summed E-state index contributed by atoms with van der Waals surface area (Å²) in [5, 5.41) is 3.58. The molecule has 1 aromatic rings. The van der Waals surface area contributed by atoms with Crippen LogP contribution in [-0.4, -0.2) is 35.0 Å². The molecule has 17 heavy (non-hydrogen) atoms. The average Bonchev–Trinajstić information content (AvgIpc) is 2.38. The molecule has 1 heterocycles. The topological polar surface area (TPSA) is 29.1 Å². The molecule has 1 unspecified atom stereocenters. The molecule has 1 N–H and O–H groups in total. The lowest BCUT2D eigenvalue weighted by molar-refractivity contribution is 0.0954. The number of carbonyl (C=O) groups excluding carboxylic acids is 1. The van der Waals surface area contributed by atoms with E-state index >= 15 is 0 Å². The SMILES string of the molecule is O=C(NCC1CSCCS1)c1ccc(I)cc1. The van der Waals surface area contributed by atoms with Gasteiger partial charge in [0, 0.05) is 38.2 Å². The van der Waals surface area contributed by atoms with Crippen molar-refractivity contribution >= 4 is 52.0 Å². The van der Waals surface area contributed by atoms with Crippen LogP contribution in [0.3, 0.4) is 0 Å². The maximum Gasteiger partial charge on any atom is 0.251 e. The molecule has 2 nitrogen and oxygen atoms in total. The Bertz CT molecular complexity index is 377. The molecule has 0 saturated carbocycles. The molecule has 5 heteroatoms. The van der Waals surface area contributed by atoms with Crippen molar-refractivity contribution in [2.24, 2.45) is 0 Å². The minimum absolute atomic E-state index is 0.0394. The van der Waals surface area contributed by atoms with Crippen LogP contribution >= 0.6 is 46.1 Å². The van der Waals surface area contributed by atoms with Crippen LogP contribution in [0.1, 0.15) is 10.4 Å². The van der Waals surface area contributed by atoms with Crippen molar-refractivity contribution in [3.8, 4) is 0 Å². The summed E-state index contributed by atoms with van der Waals surface area (Å²) in [6.45, 7) is 0.780. The van der Waals surface area contributed by atoms with Gasteiger partial charge >= 0.3 is 0 Å². The maximum atomic E-state index is 11.9. The summed E-state index contributed by atoms with van der Waals surface area (Å²) in [7, 11) is 0. The van der Waals surface area contributed by atoms with E-state index in [0.29, 0.717) is 5.25 Å². The molecule has 1 saturated heterocycles. The average molecular weight is 379 g/mol. The molecule has 0 radical (unpaired) electrons. The number of benzene rings is 1. The highest BCUT2D eigenvalue weighted by atomic mass is 127. The summed E-state index contributed by atoms with van der Waals surface area (Å²) < 4.78 is 1.15. The van der Waals surface area contributed by atoms with Gasteiger partial charge in [-0.15, -0.1) is 0 Å². The lowest BCUT2D eigenvalue weighted by Crippen LogP contribution is -2.33. The monoisotopic (exact) mass is 379 g/mol. The second-order valence-corrected chi connectivity index (χ2v) is 7.59. The summed E-state index contributed by atoms with van der Waals surface area (Å²) in [6, 6.07) is 7.67. The normalized spacial score (nSPS) is 19.9. The summed E-state index contributed by atoms with van der Waals surface area (Å²) in [5.74, 6) is 3.64.